The third kappa shape index (κ3) is 2.43. The number of hydrogen-bond donors (Lipinski definition) is 3. The van der Waals surface area contributed by atoms with Gasteiger partial charge >= 0.3 is 5.69 Å². The van der Waals surface area contributed by atoms with E-state index in [1.54, 1.807) is 42.5 Å². The lowest BCUT2D eigenvalue weighted by atomic mass is 10.1. The van der Waals surface area contributed by atoms with Gasteiger partial charge in [0.15, 0.2) is 0 Å². The second-order valence-corrected chi connectivity index (χ2v) is 5.07. The van der Waals surface area contributed by atoms with E-state index in [4.69, 9.17) is 0 Å². The number of hydrogen-bond acceptors (Lipinski definition) is 5. The molecule has 3 N–H and O–H groups in total. The van der Waals surface area contributed by atoms with Crippen molar-refractivity contribution in [3.63, 3.8) is 0 Å². The molecule has 0 atom stereocenters. The zero-order chi connectivity index (χ0) is 16.5. The van der Waals surface area contributed by atoms with Crippen LogP contribution in [0.1, 0.15) is 10.4 Å². The highest BCUT2D eigenvalue weighted by Crippen LogP contribution is 2.18. The molecule has 24 heavy (non-hydrogen) atoms. The molecule has 4 aromatic rings. The molecule has 2 heterocycles. The number of nitrogens with one attached hydrogen (secondary N) is 3. The van der Waals surface area contributed by atoms with Crippen molar-refractivity contribution in [1.29, 1.82) is 0 Å². The van der Waals surface area contributed by atoms with E-state index in [0.717, 1.165) is 0 Å². The third-order valence-corrected chi connectivity index (χ3v) is 3.52. The summed E-state index contributed by atoms with van der Waals surface area (Å²) in [6.45, 7) is 0. The Morgan fingerprint density at radius 1 is 1.08 bits per heavy atom. The summed E-state index contributed by atoms with van der Waals surface area (Å²) in [6.07, 6.45) is 1.42. The van der Waals surface area contributed by atoms with E-state index in [1.807, 2.05) is 0 Å². The van der Waals surface area contributed by atoms with E-state index in [1.165, 1.54) is 11.0 Å². The Labute approximate surface area is 134 Å². The molecule has 0 bridgehead atoms. The summed E-state index contributed by atoms with van der Waals surface area (Å²) >= 11 is 0. The van der Waals surface area contributed by atoms with Crippen LogP contribution in [0.2, 0.25) is 0 Å². The van der Waals surface area contributed by atoms with Crippen molar-refractivity contribution in [2.45, 2.75) is 0 Å². The van der Waals surface area contributed by atoms with Crippen LogP contribution in [0.15, 0.2) is 53.6 Å². The molecule has 118 valence electrons. The number of aromatic amines is 2. The smallest absolute Gasteiger partial charge is 0.322 e. The van der Waals surface area contributed by atoms with Crippen molar-refractivity contribution in [1.82, 2.24) is 30.2 Å². The lowest BCUT2D eigenvalue weighted by Crippen LogP contribution is -2.15. The van der Waals surface area contributed by atoms with Gasteiger partial charge < -0.3 is 15.3 Å². The van der Waals surface area contributed by atoms with Gasteiger partial charge in [-0.25, -0.2) is 4.79 Å². The first-order valence-corrected chi connectivity index (χ1v) is 7.06. The van der Waals surface area contributed by atoms with Crippen molar-refractivity contribution >= 4 is 22.6 Å². The monoisotopic (exact) mass is 321 g/mol. The number of anilines is 1. The topological polar surface area (TPSA) is 121 Å². The number of rotatable bonds is 3. The van der Waals surface area contributed by atoms with Crippen LogP contribution in [0, 0.1) is 0 Å². The van der Waals surface area contributed by atoms with Crippen LogP contribution in [0.4, 0.5) is 5.69 Å². The molecular formula is C15H11N7O2. The molecule has 4 rings (SSSR count). The van der Waals surface area contributed by atoms with E-state index < -0.39 is 0 Å². The summed E-state index contributed by atoms with van der Waals surface area (Å²) in [5.74, 6) is -0.307. The maximum atomic E-state index is 12.6. The van der Waals surface area contributed by atoms with Gasteiger partial charge in [0.2, 0.25) is 0 Å². The van der Waals surface area contributed by atoms with Gasteiger partial charge in [0.05, 0.1) is 22.3 Å². The maximum absolute atomic E-state index is 12.6. The van der Waals surface area contributed by atoms with Crippen molar-refractivity contribution in [2.75, 3.05) is 5.32 Å². The minimum atomic E-state index is -0.307. The first kappa shape index (κ1) is 13.9. The second kappa shape index (κ2) is 5.47. The number of amides is 1. The second-order valence-electron chi connectivity index (χ2n) is 5.07. The van der Waals surface area contributed by atoms with Crippen LogP contribution >= 0.6 is 0 Å². The summed E-state index contributed by atoms with van der Waals surface area (Å²) < 4.78 is 1.42. The summed E-state index contributed by atoms with van der Waals surface area (Å²) in [4.78, 5) is 29.2. The number of carbonyl (C=O) groups excluding carboxylic acids is 1. The molecule has 2 aromatic heterocycles. The molecule has 0 radical (unpaired) electrons. The van der Waals surface area contributed by atoms with Crippen molar-refractivity contribution in [2.24, 2.45) is 0 Å². The lowest BCUT2D eigenvalue weighted by molar-refractivity contribution is 0.102. The van der Waals surface area contributed by atoms with Gasteiger partial charge in [-0.3, -0.25) is 4.79 Å². The largest absolute Gasteiger partial charge is 0.323 e. The molecule has 0 spiro atoms. The standard InChI is InChI=1S/C15H11N7O2/c23-14(10-3-1-2-4-13(10)22-8-16-20-21-22)17-9-5-6-11-12(7-9)19-15(24)18-11/h1-8H,(H,17,23)(H2,18,19,24). The van der Waals surface area contributed by atoms with Crippen LogP contribution in [0.3, 0.4) is 0 Å². The van der Waals surface area contributed by atoms with Crippen LogP contribution in [-0.2, 0) is 0 Å². The summed E-state index contributed by atoms with van der Waals surface area (Å²) in [6, 6.07) is 12.1. The molecule has 9 heteroatoms. The first-order valence-electron chi connectivity index (χ1n) is 7.06. The Morgan fingerprint density at radius 2 is 1.92 bits per heavy atom. The Bertz CT molecular complexity index is 1080. The predicted octanol–water partition coefficient (Wildman–Crippen LogP) is 1.08. The van der Waals surface area contributed by atoms with Gasteiger partial charge in [0, 0.05) is 5.69 Å². The quantitative estimate of drug-likeness (QED) is 0.521. The van der Waals surface area contributed by atoms with Gasteiger partial charge in [0.1, 0.15) is 6.33 Å². The van der Waals surface area contributed by atoms with Crippen LogP contribution in [0.25, 0.3) is 16.7 Å². The molecule has 2 aromatic carbocycles. The predicted molar refractivity (Wildman–Crippen MR) is 86.0 cm³/mol. The van der Waals surface area contributed by atoms with E-state index in [9.17, 15) is 9.59 Å². The van der Waals surface area contributed by atoms with Crippen LogP contribution in [0.5, 0.6) is 0 Å². The van der Waals surface area contributed by atoms with Crippen molar-refractivity contribution in [3.8, 4) is 5.69 Å². The molecule has 0 aliphatic heterocycles. The van der Waals surface area contributed by atoms with Gasteiger partial charge in [-0.05, 0) is 40.8 Å². The van der Waals surface area contributed by atoms with E-state index in [2.05, 4.69) is 30.8 Å². The first-order chi connectivity index (χ1) is 11.7. The normalized spacial score (nSPS) is 10.8. The lowest BCUT2D eigenvalue weighted by Gasteiger charge is -2.09. The number of imidazole rings is 1. The minimum absolute atomic E-state index is 0.294. The molecule has 9 nitrogen and oxygen atoms in total. The maximum Gasteiger partial charge on any atom is 0.323 e. The molecule has 0 saturated heterocycles. The average molecular weight is 321 g/mol. The van der Waals surface area contributed by atoms with Gasteiger partial charge in [-0.1, -0.05) is 12.1 Å². The zero-order valence-electron chi connectivity index (χ0n) is 12.2. The number of para-hydroxylation sites is 1. The zero-order valence-corrected chi connectivity index (χ0v) is 12.2. The Balaban J connectivity index is 1.67. The average Bonchev–Trinajstić information content (AvgIpc) is 3.23. The molecule has 0 fully saturated rings. The fourth-order valence-corrected chi connectivity index (χ4v) is 2.45. The number of nitrogens with zero attached hydrogens (tertiary/aromatic N) is 4. The molecule has 0 saturated carbocycles. The molecule has 0 unspecified atom stereocenters. The fraction of sp³-hybridized carbons (Fsp3) is 0. The number of H-pyrrole nitrogens is 2. The Kier molecular flexibility index (Phi) is 3.16. The van der Waals surface area contributed by atoms with Gasteiger partial charge in [-0.15, -0.1) is 5.10 Å². The highest BCUT2D eigenvalue weighted by molar-refractivity contribution is 6.07. The van der Waals surface area contributed by atoms with Crippen LogP contribution < -0.4 is 11.0 Å². The highest BCUT2D eigenvalue weighted by atomic mass is 16.2. The molecule has 0 aliphatic rings. The van der Waals surface area contributed by atoms with E-state index in [-0.39, 0.29) is 11.6 Å². The number of tetrazole rings is 1. The van der Waals surface area contributed by atoms with E-state index >= 15 is 0 Å². The Hall–Kier alpha value is -3.75. The summed E-state index contributed by atoms with van der Waals surface area (Å²) in [5, 5.41) is 13.8. The molecule has 0 aliphatic carbocycles. The third-order valence-electron chi connectivity index (χ3n) is 3.52. The van der Waals surface area contributed by atoms with Crippen molar-refractivity contribution in [3.05, 3.63) is 64.8 Å². The Morgan fingerprint density at radius 3 is 2.75 bits per heavy atom. The van der Waals surface area contributed by atoms with E-state index in [0.29, 0.717) is 28.0 Å². The minimum Gasteiger partial charge on any atom is -0.322 e. The van der Waals surface area contributed by atoms with Gasteiger partial charge in [0.25, 0.3) is 5.91 Å². The summed E-state index contributed by atoms with van der Waals surface area (Å²) in [7, 11) is 0. The van der Waals surface area contributed by atoms with Crippen LogP contribution in [-0.4, -0.2) is 36.1 Å². The summed E-state index contributed by atoms with van der Waals surface area (Å²) in [5.41, 5.74) is 2.55. The number of aromatic nitrogens is 6. The fourth-order valence-electron chi connectivity index (χ4n) is 2.45. The number of benzene rings is 2. The molecule has 1 amide bonds. The van der Waals surface area contributed by atoms with Gasteiger partial charge in [-0.2, -0.15) is 4.68 Å². The SMILES string of the molecule is O=C(Nc1ccc2[nH]c(=O)[nH]c2c1)c1ccccc1-n1cnnn1. The molecular weight excluding hydrogens is 310 g/mol. The van der Waals surface area contributed by atoms with Crippen molar-refractivity contribution < 1.29 is 4.79 Å². The number of carbonyl (C=O) groups is 1. The highest BCUT2D eigenvalue weighted by Gasteiger charge is 2.13. The number of fused-ring (bicyclic) bond motifs is 1.